The maximum absolute atomic E-state index is 12.6. The van der Waals surface area contributed by atoms with E-state index in [1.165, 1.54) is 12.1 Å². The molecular formula is C20H17ClF3N3O4. The molecule has 11 heteroatoms. The molecule has 0 aliphatic carbocycles. The Morgan fingerprint density at radius 2 is 1.71 bits per heavy atom. The van der Waals surface area contributed by atoms with Gasteiger partial charge in [0.25, 0.3) is 0 Å². The molecule has 0 saturated heterocycles. The van der Waals surface area contributed by atoms with E-state index < -0.39 is 23.7 Å². The Labute approximate surface area is 179 Å². The normalized spacial score (nSPS) is 10.7. The Kier molecular flexibility index (Phi) is 7.65. The van der Waals surface area contributed by atoms with Crippen LogP contribution in [0.4, 0.5) is 19.1 Å². The number of rotatable bonds is 4. The number of carbonyl (C=O) groups is 2. The Balaban J connectivity index is 0.000000501. The van der Waals surface area contributed by atoms with Gasteiger partial charge in [0, 0.05) is 24.2 Å². The van der Waals surface area contributed by atoms with E-state index in [-0.39, 0.29) is 0 Å². The number of benzene rings is 2. The van der Waals surface area contributed by atoms with Crippen LogP contribution in [0.5, 0.6) is 0 Å². The first kappa shape index (κ1) is 23.7. The van der Waals surface area contributed by atoms with Crippen LogP contribution in [0.25, 0.3) is 11.3 Å². The Morgan fingerprint density at radius 3 is 2.23 bits per heavy atom. The summed E-state index contributed by atoms with van der Waals surface area (Å²) in [4.78, 5) is 22.5. The van der Waals surface area contributed by atoms with Gasteiger partial charge < -0.3 is 20.1 Å². The average molecular weight is 456 g/mol. The van der Waals surface area contributed by atoms with Crippen LogP contribution in [0.2, 0.25) is 5.02 Å². The number of nitrogens with one attached hydrogen (secondary N) is 1. The number of nitrogens with zero attached hydrogens (tertiary/aromatic N) is 2. The first-order valence-corrected chi connectivity index (χ1v) is 9.00. The minimum atomic E-state index is -4.32. The number of hydrogen-bond donors (Lipinski definition) is 3. The zero-order valence-electron chi connectivity index (χ0n) is 16.0. The fraction of sp³-hybridized carbons (Fsp3) is 0.150. The van der Waals surface area contributed by atoms with Crippen LogP contribution in [-0.4, -0.2) is 31.7 Å². The molecule has 3 N–H and O–H groups in total. The molecule has 0 saturated carbocycles. The van der Waals surface area contributed by atoms with Crippen molar-refractivity contribution in [2.24, 2.45) is 7.05 Å². The lowest BCUT2D eigenvalue weighted by Gasteiger charge is -2.10. The van der Waals surface area contributed by atoms with Gasteiger partial charge in [0.2, 0.25) is 5.95 Å². The van der Waals surface area contributed by atoms with E-state index in [1.807, 2.05) is 29.8 Å². The van der Waals surface area contributed by atoms with Crippen molar-refractivity contribution in [2.45, 2.75) is 12.7 Å². The number of imidazole rings is 1. The number of aliphatic carboxylic acids is 2. The highest BCUT2D eigenvalue weighted by molar-refractivity contribution is 6.30. The monoisotopic (exact) mass is 455 g/mol. The van der Waals surface area contributed by atoms with Crippen molar-refractivity contribution in [1.82, 2.24) is 9.55 Å². The van der Waals surface area contributed by atoms with Crippen molar-refractivity contribution in [3.8, 4) is 11.3 Å². The van der Waals surface area contributed by atoms with Crippen molar-refractivity contribution >= 4 is 29.5 Å². The van der Waals surface area contributed by atoms with Crippen molar-refractivity contribution < 1.29 is 33.0 Å². The van der Waals surface area contributed by atoms with Gasteiger partial charge in [0.15, 0.2) is 0 Å². The molecule has 1 aromatic heterocycles. The fourth-order valence-corrected chi connectivity index (χ4v) is 2.67. The maximum Gasteiger partial charge on any atom is 0.416 e. The lowest BCUT2D eigenvalue weighted by molar-refractivity contribution is -0.159. The zero-order valence-corrected chi connectivity index (χ0v) is 16.8. The number of halogens is 4. The van der Waals surface area contributed by atoms with E-state index >= 15 is 0 Å². The topological polar surface area (TPSA) is 104 Å². The van der Waals surface area contributed by atoms with Crippen LogP contribution in [0.1, 0.15) is 11.1 Å². The third-order valence-corrected chi connectivity index (χ3v) is 4.26. The number of anilines is 1. The molecule has 0 aliphatic rings. The Bertz CT molecular complexity index is 1050. The maximum atomic E-state index is 12.6. The van der Waals surface area contributed by atoms with Crippen LogP contribution in [0.15, 0.2) is 54.7 Å². The number of alkyl halides is 3. The second kappa shape index (κ2) is 9.98. The summed E-state index contributed by atoms with van der Waals surface area (Å²) in [5, 5.41) is 18.5. The molecule has 0 radical (unpaired) electrons. The van der Waals surface area contributed by atoms with Crippen molar-refractivity contribution in [3.05, 3.63) is 70.9 Å². The van der Waals surface area contributed by atoms with Crippen LogP contribution >= 0.6 is 11.6 Å². The number of hydrogen-bond acceptors (Lipinski definition) is 4. The molecule has 0 atom stereocenters. The Morgan fingerprint density at radius 1 is 1.10 bits per heavy atom. The molecule has 3 aromatic rings. The van der Waals surface area contributed by atoms with Crippen LogP contribution in [-0.2, 0) is 29.4 Å². The lowest BCUT2D eigenvalue weighted by Crippen LogP contribution is -2.09. The third kappa shape index (κ3) is 6.75. The van der Waals surface area contributed by atoms with Gasteiger partial charge in [0.1, 0.15) is 0 Å². The first-order chi connectivity index (χ1) is 14.5. The molecule has 164 valence electrons. The SMILES string of the molecule is Cn1c(-c2cccc(Cl)c2)cnc1NCc1ccc(C(F)(F)F)cc1.O=C(O)C(=O)O. The number of carboxylic acid groups (broad SMARTS) is 2. The van der Waals surface area contributed by atoms with Crippen molar-refractivity contribution in [2.75, 3.05) is 5.32 Å². The molecule has 31 heavy (non-hydrogen) atoms. The van der Waals surface area contributed by atoms with Gasteiger partial charge >= 0.3 is 18.1 Å². The van der Waals surface area contributed by atoms with Gasteiger partial charge in [-0.1, -0.05) is 35.9 Å². The predicted molar refractivity (Wildman–Crippen MR) is 108 cm³/mol. The van der Waals surface area contributed by atoms with Gasteiger partial charge in [-0.05, 0) is 29.8 Å². The zero-order chi connectivity index (χ0) is 23.2. The summed E-state index contributed by atoms with van der Waals surface area (Å²) >= 11 is 6.01. The second-order valence-corrected chi connectivity index (χ2v) is 6.63. The van der Waals surface area contributed by atoms with Gasteiger partial charge in [-0.15, -0.1) is 0 Å². The van der Waals surface area contributed by atoms with E-state index in [1.54, 1.807) is 12.3 Å². The number of aromatic nitrogens is 2. The van der Waals surface area contributed by atoms with E-state index in [0.717, 1.165) is 29.0 Å². The summed E-state index contributed by atoms with van der Waals surface area (Å²) < 4.78 is 39.6. The minimum absolute atomic E-state index is 0.373. The van der Waals surface area contributed by atoms with E-state index in [4.69, 9.17) is 31.4 Å². The summed E-state index contributed by atoms with van der Waals surface area (Å²) in [7, 11) is 1.86. The average Bonchev–Trinajstić information content (AvgIpc) is 3.07. The van der Waals surface area contributed by atoms with Crippen molar-refractivity contribution in [1.29, 1.82) is 0 Å². The molecule has 7 nitrogen and oxygen atoms in total. The molecule has 1 heterocycles. The smallest absolute Gasteiger partial charge is 0.416 e. The summed E-state index contributed by atoms with van der Waals surface area (Å²) in [5.41, 5.74) is 1.90. The molecule has 2 aromatic carbocycles. The second-order valence-electron chi connectivity index (χ2n) is 6.19. The number of carboxylic acids is 2. The molecule has 0 spiro atoms. The third-order valence-electron chi connectivity index (χ3n) is 4.02. The molecular weight excluding hydrogens is 439 g/mol. The van der Waals surface area contributed by atoms with Gasteiger partial charge in [-0.25, -0.2) is 14.6 Å². The fourth-order valence-electron chi connectivity index (χ4n) is 2.48. The molecule has 0 aliphatic heterocycles. The van der Waals surface area contributed by atoms with E-state index in [9.17, 15) is 13.2 Å². The van der Waals surface area contributed by atoms with Gasteiger partial charge in [-0.3, -0.25) is 0 Å². The summed E-state index contributed by atoms with van der Waals surface area (Å²) in [6.45, 7) is 0.373. The standard InChI is InChI=1S/C18H15ClF3N3.C2H2O4/c1-25-16(13-3-2-4-15(19)9-13)11-24-17(25)23-10-12-5-7-14(8-6-12)18(20,21)22;3-1(4)2(5)6/h2-9,11H,10H2,1H3,(H,23,24);(H,3,4)(H,5,6). The highest BCUT2D eigenvalue weighted by Crippen LogP contribution is 2.29. The molecule has 0 bridgehead atoms. The summed E-state index contributed by atoms with van der Waals surface area (Å²) in [5.74, 6) is -3.03. The largest absolute Gasteiger partial charge is 0.473 e. The van der Waals surface area contributed by atoms with Crippen LogP contribution < -0.4 is 5.32 Å². The lowest BCUT2D eigenvalue weighted by atomic mass is 10.1. The minimum Gasteiger partial charge on any atom is -0.473 e. The van der Waals surface area contributed by atoms with Crippen LogP contribution in [0, 0.1) is 0 Å². The molecule has 0 unspecified atom stereocenters. The van der Waals surface area contributed by atoms with Gasteiger partial charge in [-0.2, -0.15) is 13.2 Å². The van der Waals surface area contributed by atoms with Crippen LogP contribution in [0.3, 0.4) is 0 Å². The first-order valence-electron chi connectivity index (χ1n) is 8.63. The molecule has 0 amide bonds. The van der Waals surface area contributed by atoms with Gasteiger partial charge in [0.05, 0.1) is 17.5 Å². The van der Waals surface area contributed by atoms with Crippen molar-refractivity contribution in [3.63, 3.8) is 0 Å². The quantitative estimate of drug-likeness (QED) is 0.499. The van der Waals surface area contributed by atoms with E-state index in [0.29, 0.717) is 17.5 Å². The highest BCUT2D eigenvalue weighted by atomic mass is 35.5. The highest BCUT2D eigenvalue weighted by Gasteiger charge is 2.29. The molecule has 0 fully saturated rings. The summed E-state index contributed by atoms with van der Waals surface area (Å²) in [6.07, 6.45) is -2.60. The molecule has 3 rings (SSSR count). The Hall–Kier alpha value is -3.53. The van der Waals surface area contributed by atoms with E-state index in [2.05, 4.69) is 10.3 Å². The summed E-state index contributed by atoms with van der Waals surface area (Å²) in [6, 6.07) is 12.5. The predicted octanol–water partition coefficient (Wildman–Crippen LogP) is 4.53.